The molecule has 1 amide bonds. The van der Waals surface area contributed by atoms with Crippen LogP contribution in [0.3, 0.4) is 0 Å². The molecule has 3 aromatic rings. The zero-order valence-corrected chi connectivity index (χ0v) is 13.6. The zero-order valence-electron chi connectivity index (χ0n) is 12.8. The average Bonchev–Trinajstić information content (AvgIpc) is 2.98. The Hall–Kier alpha value is -3.00. The van der Waals surface area contributed by atoms with Crippen LogP contribution in [-0.4, -0.2) is 28.5 Å². The van der Waals surface area contributed by atoms with E-state index in [1.807, 2.05) is 0 Å². The Labute approximate surface area is 141 Å². The highest BCUT2D eigenvalue weighted by Gasteiger charge is 2.17. The number of hydrogen-bond donors (Lipinski definition) is 2. The summed E-state index contributed by atoms with van der Waals surface area (Å²) in [5, 5.41) is 0.666. The van der Waals surface area contributed by atoms with E-state index < -0.39 is 11.9 Å². The summed E-state index contributed by atoms with van der Waals surface area (Å²) in [4.78, 5) is 32.7. The van der Waals surface area contributed by atoms with Gasteiger partial charge in [-0.25, -0.2) is 14.8 Å². The van der Waals surface area contributed by atoms with Crippen LogP contribution in [0, 0.1) is 0 Å². The van der Waals surface area contributed by atoms with Gasteiger partial charge in [0.25, 0.3) is 0 Å². The summed E-state index contributed by atoms with van der Waals surface area (Å²) in [5.74, 6) is -0.872. The number of carbonyl (C=O) groups excluding carboxylic acids is 2. The minimum Gasteiger partial charge on any atom is -0.462 e. The van der Waals surface area contributed by atoms with Gasteiger partial charge in [0.1, 0.15) is 9.71 Å². The Bertz CT molecular complexity index is 952. The largest absolute Gasteiger partial charge is 0.462 e. The van der Waals surface area contributed by atoms with Crippen molar-refractivity contribution >= 4 is 39.4 Å². The number of nitrogens with zero attached hydrogens (tertiary/aromatic N) is 2. The van der Waals surface area contributed by atoms with Crippen LogP contribution >= 0.6 is 11.3 Å². The molecule has 0 aliphatic heterocycles. The summed E-state index contributed by atoms with van der Waals surface area (Å²) in [6.07, 6.45) is 0. The van der Waals surface area contributed by atoms with E-state index in [0.29, 0.717) is 31.9 Å². The highest BCUT2D eigenvalue weighted by atomic mass is 32.1. The maximum absolute atomic E-state index is 11.9. The molecule has 0 spiro atoms. The van der Waals surface area contributed by atoms with Crippen LogP contribution in [0.25, 0.3) is 21.5 Å². The minimum atomic E-state index is -0.535. The van der Waals surface area contributed by atoms with Gasteiger partial charge in [-0.05, 0) is 25.1 Å². The molecule has 0 aliphatic carbocycles. The molecule has 2 aromatic heterocycles. The van der Waals surface area contributed by atoms with Crippen LogP contribution in [0.5, 0.6) is 0 Å². The van der Waals surface area contributed by atoms with E-state index in [2.05, 4.69) is 9.97 Å². The molecule has 3 rings (SSSR count). The fourth-order valence-corrected chi connectivity index (χ4v) is 3.21. The predicted molar refractivity (Wildman–Crippen MR) is 91.7 cm³/mol. The molecule has 0 saturated heterocycles. The lowest BCUT2D eigenvalue weighted by molar-refractivity contribution is 0.0532. The number of hydrogen-bond acceptors (Lipinski definition) is 7. The molecule has 0 unspecified atom stereocenters. The molecule has 2 heterocycles. The number of aromatic nitrogens is 2. The first-order chi connectivity index (χ1) is 11.5. The van der Waals surface area contributed by atoms with Crippen LogP contribution in [0.1, 0.15) is 27.0 Å². The number of rotatable bonds is 4. The molecule has 0 radical (unpaired) electrons. The molecule has 122 valence electrons. The Balaban J connectivity index is 2.18. The molecule has 24 heavy (non-hydrogen) atoms. The molecule has 4 N–H and O–H groups in total. The molecule has 8 heteroatoms. The number of nitrogens with two attached hydrogens (primary N) is 2. The Morgan fingerprint density at radius 3 is 2.75 bits per heavy atom. The second-order valence-electron chi connectivity index (χ2n) is 4.93. The van der Waals surface area contributed by atoms with E-state index in [1.165, 1.54) is 11.3 Å². The monoisotopic (exact) mass is 342 g/mol. The number of anilines is 1. The molecular formula is C16H14N4O3S. The lowest BCUT2D eigenvalue weighted by Crippen LogP contribution is -2.10. The third kappa shape index (κ3) is 2.91. The number of thiophene rings is 1. The van der Waals surface area contributed by atoms with Gasteiger partial charge in [0.15, 0.2) is 0 Å². The van der Waals surface area contributed by atoms with Crippen molar-refractivity contribution in [2.75, 3.05) is 12.3 Å². The molecular weight excluding hydrogens is 328 g/mol. The second-order valence-corrected chi connectivity index (χ2v) is 5.96. The smallest absolute Gasteiger partial charge is 0.348 e. The maximum atomic E-state index is 11.9. The normalized spacial score (nSPS) is 10.7. The van der Waals surface area contributed by atoms with Crippen molar-refractivity contribution in [2.45, 2.75) is 6.92 Å². The van der Waals surface area contributed by atoms with Gasteiger partial charge in [-0.15, -0.1) is 11.3 Å². The lowest BCUT2D eigenvalue weighted by atomic mass is 10.1. The Kier molecular flexibility index (Phi) is 4.13. The van der Waals surface area contributed by atoms with Gasteiger partial charge >= 0.3 is 5.97 Å². The fraction of sp³-hybridized carbons (Fsp3) is 0.125. The van der Waals surface area contributed by atoms with Crippen LogP contribution in [0.4, 0.5) is 5.95 Å². The summed E-state index contributed by atoms with van der Waals surface area (Å²) in [7, 11) is 0. The lowest BCUT2D eigenvalue weighted by Gasteiger charge is -2.05. The minimum absolute atomic E-state index is 0.0826. The summed E-state index contributed by atoms with van der Waals surface area (Å²) in [5.41, 5.74) is 12.7. The van der Waals surface area contributed by atoms with Gasteiger partial charge < -0.3 is 16.2 Å². The summed E-state index contributed by atoms with van der Waals surface area (Å²) < 4.78 is 5.01. The first-order valence-electron chi connectivity index (χ1n) is 7.14. The number of ether oxygens (including phenoxy) is 1. The third-order valence-corrected chi connectivity index (χ3v) is 4.32. The molecule has 0 fully saturated rings. The average molecular weight is 342 g/mol. The number of benzene rings is 1. The second kappa shape index (κ2) is 6.25. The SMILES string of the molecule is CCOC(=O)c1cc2c(-c3cccc(C(N)=O)c3)nc(N)nc2s1. The summed E-state index contributed by atoms with van der Waals surface area (Å²) in [6, 6.07) is 8.41. The zero-order chi connectivity index (χ0) is 17.3. The number of carbonyl (C=O) groups is 2. The first kappa shape index (κ1) is 15.9. The van der Waals surface area contributed by atoms with Crippen molar-refractivity contribution in [3.63, 3.8) is 0 Å². The van der Waals surface area contributed by atoms with Gasteiger partial charge in [0.05, 0.1) is 12.3 Å². The van der Waals surface area contributed by atoms with Gasteiger partial charge in [-0.2, -0.15) is 0 Å². The molecule has 0 atom stereocenters. The van der Waals surface area contributed by atoms with Crippen molar-refractivity contribution in [1.82, 2.24) is 9.97 Å². The molecule has 0 saturated carbocycles. The van der Waals surface area contributed by atoms with Gasteiger partial charge in [-0.1, -0.05) is 12.1 Å². The molecule has 0 aliphatic rings. The van der Waals surface area contributed by atoms with Crippen LogP contribution in [0.2, 0.25) is 0 Å². The van der Waals surface area contributed by atoms with Crippen molar-refractivity contribution < 1.29 is 14.3 Å². The fourth-order valence-electron chi connectivity index (χ4n) is 2.28. The predicted octanol–water partition coefficient (Wildman–Crippen LogP) is 2.22. The van der Waals surface area contributed by atoms with Crippen LogP contribution in [-0.2, 0) is 4.74 Å². The van der Waals surface area contributed by atoms with Crippen LogP contribution in [0.15, 0.2) is 30.3 Å². The van der Waals surface area contributed by atoms with E-state index in [0.717, 1.165) is 0 Å². The van der Waals surface area contributed by atoms with E-state index in [9.17, 15) is 9.59 Å². The Morgan fingerprint density at radius 2 is 2.04 bits per heavy atom. The van der Waals surface area contributed by atoms with Crippen molar-refractivity contribution in [2.24, 2.45) is 5.73 Å². The van der Waals surface area contributed by atoms with E-state index in [1.54, 1.807) is 37.3 Å². The quantitative estimate of drug-likeness (QED) is 0.701. The molecule has 1 aromatic carbocycles. The van der Waals surface area contributed by atoms with Crippen molar-refractivity contribution in [3.05, 3.63) is 40.8 Å². The maximum Gasteiger partial charge on any atom is 0.348 e. The standard InChI is InChI=1S/C16H14N4O3S/c1-2-23-15(22)11-7-10-12(19-16(18)20-14(10)24-11)8-4-3-5-9(6-8)13(17)21/h3-7H,2H2,1H3,(H2,17,21)(H2,18,19,20). The summed E-state index contributed by atoms with van der Waals surface area (Å²) >= 11 is 1.18. The van der Waals surface area contributed by atoms with E-state index in [4.69, 9.17) is 16.2 Å². The Morgan fingerprint density at radius 1 is 1.25 bits per heavy atom. The van der Waals surface area contributed by atoms with Crippen LogP contribution < -0.4 is 11.5 Å². The van der Waals surface area contributed by atoms with Crippen molar-refractivity contribution in [3.8, 4) is 11.3 Å². The molecule has 7 nitrogen and oxygen atoms in total. The van der Waals surface area contributed by atoms with E-state index >= 15 is 0 Å². The number of primary amides is 1. The number of esters is 1. The summed E-state index contributed by atoms with van der Waals surface area (Å²) in [6.45, 7) is 2.03. The highest BCUT2D eigenvalue weighted by Crippen LogP contribution is 2.33. The van der Waals surface area contributed by atoms with Gasteiger partial charge in [-0.3, -0.25) is 4.79 Å². The van der Waals surface area contributed by atoms with Crippen molar-refractivity contribution in [1.29, 1.82) is 0 Å². The number of amides is 1. The molecule has 0 bridgehead atoms. The highest BCUT2D eigenvalue weighted by molar-refractivity contribution is 7.20. The number of nitrogen functional groups attached to an aromatic ring is 1. The topological polar surface area (TPSA) is 121 Å². The van der Waals surface area contributed by atoms with Gasteiger partial charge in [0, 0.05) is 16.5 Å². The number of fused-ring (bicyclic) bond motifs is 1. The van der Waals surface area contributed by atoms with Gasteiger partial charge in [0.2, 0.25) is 11.9 Å². The first-order valence-corrected chi connectivity index (χ1v) is 7.95. The third-order valence-electron chi connectivity index (χ3n) is 3.31. The van der Waals surface area contributed by atoms with E-state index in [-0.39, 0.29) is 12.6 Å².